The molecule has 1 amide bonds. The van der Waals surface area contributed by atoms with Gasteiger partial charge in [-0.25, -0.2) is 4.98 Å². The number of phenols is 1. The fourth-order valence-corrected chi connectivity index (χ4v) is 3.74. The van der Waals surface area contributed by atoms with Crippen LogP contribution in [0.3, 0.4) is 0 Å². The number of benzene rings is 3. The second-order valence-corrected chi connectivity index (χ2v) is 7.38. The number of phenolic OH excluding ortho intramolecular Hbond substituents is 1. The summed E-state index contributed by atoms with van der Waals surface area (Å²) in [6.07, 6.45) is 3.29. The lowest BCUT2D eigenvalue weighted by molar-refractivity contribution is -0.114. The van der Waals surface area contributed by atoms with E-state index in [0.29, 0.717) is 16.8 Å². The van der Waals surface area contributed by atoms with Crippen LogP contribution in [0.15, 0.2) is 89.6 Å². The number of fused-ring (bicyclic) bond motifs is 1. The van der Waals surface area contributed by atoms with Gasteiger partial charge in [-0.1, -0.05) is 48.5 Å². The van der Waals surface area contributed by atoms with Gasteiger partial charge in [-0.15, -0.1) is 0 Å². The highest BCUT2D eigenvalue weighted by atomic mass is 16.4. The van der Waals surface area contributed by atoms with E-state index in [4.69, 9.17) is 4.42 Å². The van der Waals surface area contributed by atoms with Crippen LogP contribution < -0.4 is 5.32 Å². The molecule has 156 valence electrons. The smallest absolute Gasteiger partial charge is 0.233 e. The minimum atomic E-state index is -0.284. The number of carbonyl (C=O) groups excluding carboxylic acids is 1. The van der Waals surface area contributed by atoms with E-state index in [9.17, 15) is 9.90 Å². The van der Waals surface area contributed by atoms with Crippen LogP contribution in [0.1, 0.15) is 6.92 Å². The molecule has 6 heteroatoms. The van der Waals surface area contributed by atoms with Crippen molar-refractivity contribution in [2.45, 2.75) is 6.92 Å². The molecule has 0 spiro atoms. The van der Waals surface area contributed by atoms with Crippen LogP contribution in [0, 0.1) is 0 Å². The molecule has 0 aliphatic heterocycles. The number of hydrogen-bond donors (Lipinski definition) is 2. The Bertz CT molecular complexity index is 1440. The summed E-state index contributed by atoms with van der Waals surface area (Å²) in [6.45, 7) is 1.39. The van der Waals surface area contributed by atoms with E-state index in [1.165, 1.54) is 6.92 Å². The van der Waals surface area contributed by atoms with Crippen LogP contribution in [0.5, 0.6) is 5.75 Å². The summed E-state index contributed by atoms with van der Waals surface area (Å²) in [6, 6.07) is 23.2. The molecular weight excluding hydrogens is 402 g/mol. The third kappa shape index (κ3) is 3.58. The number of aromatic hydroxyl groups is 1. The van der Waals surface area contributed by atoms with E-state index in [2.05, 4.69) is 33.5 Å². The molecule has 0 unspecified atom stereocenters. The first-order valence-electron chi connectivity index (χ1n) is 10.1. The van der Waals surface area contributed by atoms with Crippen molar-refractivity contribution in [2.75, 3.05) is 5.32 Å². The molecule has 5 aromatic rings. The van der Waals surface area contributed by atoms with Crippen molar-refractivity contribution >= 4 is 22.6 Å². The molecule has 0 saturated heterocycles. The molecule has 0 radical (unpaired) electrons. The molecule has 0 saturated carbocycles. The molecule has 0 fully saturated rings. The van der Waals surface area contributed by atoms with Crippen LogP contribution in [0.25, 0.3) is 44.6 Å². The van der Waals surface area contributed by atoms with Crippen molar-refractivity contribution in [1.29, 1.82) is 0 Å². The van der Waals surface area contributed by atoms with Gasteiger partial charge >= 0.3 is 0 Å². The number of carbonyl (C=O) groups is 1. The molecule has 0 bridgehead atoms. The van der Waals surface area contributed by atoms with E-state index >= 15 is 0 Å². The normalized spacial score (nSPS) is 10.9. The van der Waals surface area contributed by atoms with Gasteiger partial charge in [-0.2, -0.15) is 0 Å². The Kier molecular flexibility index (Phi) is 4.88. The monoisotopic (exact) mass is 421 g/mol. The van der Waals surface area contributed by atoms with Gasteiger partial charge in [0.15, 0.2) is 0 Å². The fraction of sp³-hybridized carbons (Fsp3) is 0.0385. The first kappa shape index (κ1) is 19.5. The van der Waals surface area contributed by atoms with Gasteiger partial charge in [0.1, 0.15) is 11.4 Å². The number of amides is 1. The predicted octanol–water partition coefficient (Wildman–Crippen LogP) is 5.89. The van der Waals surface area contributed by atoms with Crippen molar-refractivity contribution in [3.63, 3.8) is 0 Å². The highest BCUT2D eigenvalue weighted by Gasteiger charge is 2.20. The van der Waals surface area contributed by atoms with Crippen molar-refractivity contribution in [3.8, 4) is 39.6 Å². The SMILES string of the molecule is CC(=O)Nc1oc(-c2ccc(-c3cccc4ccccc34)cc2O)nc1-c1cccnc1. The number of nitrogens with zero attached hydrogens (tertiary/aromatic N) is 2. The topological polar surface area (TPSA) is 88.2 Å². The minimum Gasteiger partial charge on any atom is -0.507 e. The lowest BCUT2D eigenvalue weighted by Gasteiger charge is -2.09. The average molecular weight is 421 g/mol. The maximum atomic E-state index is 11.7. The van der Waals surface area contributed by atoms with E-state index < -0.39 is 0 Å². The van der Waals surface area contributed by atoms with Crippen LogP contribution in [-0.2, 0) is 4.79 Å². The van der Waals surface area contributed by atoms with Crippen molar-refractivity contribution < 1.29 is 14.3 Å². The van der Waals surface area contributed by atoms with Gasteiger partial charge in [0.2, 0.25) is 17.7 Å². The molecule has 5 rings (SSSR count). The second kappa shape index (κ2) is 8.00. The Morgan fingerprint density at radius 3 is 2.56 bits per heavy atom. The third-order valence-corrected chi connectivity index (χ3v) is 5.18. The molecule has 0 atom stereocenters. The third-order valence-electron chi connectivity index (χ3n) is 5.18. The number of aromatic nitrogens is 2. The maximum Gasteiger partial charge on any atom is 0.233 e. The zero-order chi connectivity index (χ0) is 22.1. The predicted molar refractivity (Wildman–Crippen MR) is 124 cm³/mol. The first-order chi connectivity index (χ1) is 15.6. The lowest BCUT2D eigenvalue weighted by atomic mass is 9.97. The molecule has 32 heavy (non-hydrogen) atoms. The van der Waals surface area contributed by atoms with Crippen LogP contribution in [0.2, 0.25) is 0 Å². The van der Waals surface area contributed by atoms with E-state index in [-0.39, 0.29) is 23.4 Å². The van der Waals surface area contributed by atoms with Gasteiger partial charge in [0.25, 0.3) is 0 Å². The standard InChI is InChI=1S/C26H19N3O3/c1-16(30)28-26-24(19-8-5-13-27-15-19)29-25(32-26)22-12-11-18(14-23(22)31)21-10-4-7-17-6-2-3-9-20(17)21/h2-15,31H,1H3,(H,28,30). The zero-order valence-corrected chi connectivity index (χ0v) is 17.2. The summed E-state index contributed by atoms with van der Waals surface area (Å²) in [5, 5.41) is 15.7. The lowest BCUT2D eigenvalue weighted by Crippen LogP contribution is -2.05. The fourth-order valence-electron chi connectivity index (χ4n) is 3.74. The van der Waals surface area contributed by atoms with Crippen LogP contribution in [-0.4, -0.2) is 21.0 Å². The summed E-state index contributed by atoms with van der Waals surface area (Å²) < 4.78 is 5.83. The molecule has 0 aliphatic carbocycles. The Balaban J connectivity index is 1.59. The summed E-state index contributed by atoms with van der Waals surface area (Å²) in [5.74, 6) is 0.157. The maximum absolute atomic E-state index is 11.7. The first-order valence-corrected chi connectivity index (χ1v) is 10.1. The summed E-state index contributed by atoms with van der Waals surface area (Å²) in [7, 11) is 0. The van der Waals surface area contributed by atoms with E-state index in [1.54, 1.807) is 30.6 Å². The molecule has 3 aromatic carbocycles. The number of anilines is 1. The Morgan fingerprint density at radius 1 is 0.938 bits per heavy atom. The van der Waals surface area contributed by atoms with Gasteiger partial charge in [0, 0.05) is 24.9 Å². The van der Waals surface area contributed by atoms with Gasteiger partial charge < -0.3 is 9.52 Å². The highest BCUT2D eigenvalue weighted by Crippen LogP contribution is 2.39. The van der Waals surface area contributed by atoms with Gasteiger partial charge in [-0.3, -0.25) is 15.1 Å². The Labute approximate surface area is 184 Å². The average Bonchev–Trinajstić information content (AvgIpc) is 3.22. The molecule has 2 heterocycles. The largest absolute Gasteiger partial charge is 0.507 e. The second-order valence-electron chi connectivity index (χ2n) is 7.38. The van der Waals surface area contributed by atoms with Crippen LogP contribution in [0.4, 0.5) is 5.88 Å². The molecule has 2 aromatic heterocycles. The molecule has 0 aliphatic rings. The van der Waals surface area contributed by atoms with Crippen molar-refractivity contribution in [3.05, 3.63) is 85.2 Å². The Morgan fingerprint density at radius 2 is 1.78 bits per heavy atom. The molecule has 6 nitrogen and oxygen atoms in total. The quantitative estimate of drug-likeness (QED) is 0.378. The van der Waals surface area contributed by atoms with Crippen LogP contribution >= 0.6 is 0 Å². The number of oxazole rings is 1. The minimum absolute atomic E-state index is 0.0313. The van der Waals surface area contributed by atoms with Gasteiger partial charge in [0.05, 0.1) is 5.56 Å². The zero-order valence-electron chi connectivity index (χ0n) is 17.2. The van der Waals surface area contributed by atoms with Gasteiger partial charge in [-0.05, 0) is 46.2 Å². The molecular formula is C26H19N3O3. The number of nitrogens with one attached hydrogen (secondary N) is 1. The Hall–Kier alpha value is -4.45. The highest BCUT2D eigenvalue weighted by molar-refractivity contribution is 5.97. The van der Waals surface area contributed by atoms with E-state index in [0.717, 1.165) is 21.9 Å². The summed E-state index contributed by atoms with van der Waals surface area (Å²) in [4.78, 5) is 20.3. The van der Waals surface area contributed by atoms with Crippen molar-refractivity contribution in [1.82, 2.24) is 9.97 Å². The number of rotatable bonds is 4. The number of pyridine rings is 1. The summed E-state index contributed by atoms with van der Waals surface area (Å²) >= 11 is 0. The number of hydrogen-bond acceptors (Lipinski definition) is 5. The summed E-state index contributed by atoms with van der Waals surface area (Å²) in [5.41, 5.74) is 3.46. The van der Waals surface area contributed by atoms with Crippen molar-refractivity contribution in [2.24, 2.45) is 0 Å². The molecule has 2 N–H and O–H groups in total. The van der Waals surface area contributed by atoms with E-state index in [1.807, 2.05) is 36.4 Å².